The van der Waals surface area contributed by atoms with Crippen LogP contribution in [0.2, 0.25) is 0 Å². The number of thioether (sulfide) groups is 1. The van der Waals surface area contributed by atoms with Crippen molar-refractivity contribution in [3.8, 4) is 0 Å². The summed E-state index contributed by atoms with van der Waals surface area (Å²) in [5.74, 6) is 2.07. The lowest BCUT2D eigenvalue weighted by atomic mass is 10.0. The Hall–Kier alpha value is -1.49. The summed E-state index contributed by atoms with van der Waals surface area (Å²) in [7, 11) is 0. The van der Waals surface area contributed by atoms with Gasteiger partial charge in [0.15, 0.2) is 0 Å². The summed E-state index contributed by atoms with van der Waals surface area (Å²) in [6.45, 7) is 0.202. The lowest BCUT2D eigenvalue weighted by Crippen LogP contribution is -2.57. The Morgan fingerprint density at radius 1 is 1.20 bits per heavy atom. The van der Waals surface area contributed by atoms with Crippen molar-refractivity contribution in [1.29, 1.82) is 0 Å². The van der Waals surface area contributed by atoms with Gasteiger partial charge in [0.05, 0.1) is 6.54 Å². The molecule has 106 valence electrons. The molecule has 4 nitrogen and oxygen atoms in total. The summed E-state index contributed by atoms with van der Waals surface area (Å²) in [5, 5.41) is 2.81. The second-order valence-electron chi connectivity index (χ2n) is 5.25. The molecule has 0 spiro atoms. The van der Waals surface area contributed by atoms with Crippen molar-refractivity contribution in [2.24, 2.45) is 0 Å². The number of carbonyl (C=O) groups is 2. The van der Waals surface area contributed by atoms with Crippen LogP contribution in [-0.4, -0.2) is 40.8 Å². The highest BCUT2D eigenvalue weighted by atomic mass is 32.2. The maximum atomic E-state index is 12.7. The van der Waals surface area contributed by atoms with Gasteiger partial charge in [0, 0.05) is 11.8 Å². The van der Waals surface area contributed by atoms with Crippen LogP contribution in [-0.2, 0) is 9.59 Å². The average molecular weight is 290 g/mol. The minimum absolute atomic E-state index is 0.0308. The summed E-state index contributed by atoms with van der Waals surface area (Å²) in [5.41, 5.74) is 0.860. The molecule has 20 heavy (non-hydrogen) atoms. The Morgan fingerprint density at radius 3 is 2.70 bits per heavy atom. The minimum atomic E-state index is -0.524. The molecule has 2 aliphatic rings. The second kappa shape index (κ2) is 5.87. The molecule has 2 unspecified atom stereocenters. The number of nitrogens with one attached hydrogen (secondary N) is 1. The Labute approximate surface area is 122 Å². The van der Waals surface area contributed by atoms with Gasteiger partial charge < -0.3 is 10.2 Å². The summed E-state index contributed by atoms with van der Waals surface area (Å²) in [6.07, 6.45) is 2.13. The van der Waals surface area contributed by atoms with Crippen molar-refractivity contribution in [2.75, 3.05) is 18.1 Å². The average Bonchev–Trinajstić information content (AvgIpc) is 2.51. The van der Waals surface area contributed by atoms with Gasteiger partial charge in [-0.15, -0.1) is 0 Å². The second-order valence-corrected chi connectivity index (χ2v) is 6.40. The lowest BCUT2D eigenvalue weighted by Gasteiger charge is -2.39. The Balaban J connectivity index is 1.82. The number of hydrogen-bond donors (Lipinski definition) is 1. The highest BCUT2D eigenvalue weighted by Gasteiger charge is 2.37. The minimum Gasteiger partial charge on any atom is -0.339 e. The number of hydrogen-bond acceptors (Lipinski definition) is 3. The normalized spacial score (nSPS) is 27.3. The fourth-order valence-electron chi connectivity index (χ4n) is 2.82. The van der Waals surface area contributed by atoms with Crippen molar-refractivity contribution in [3.05, 3.63) is 35.9 Å². The molecular formula is C15H18N2O2S. The van der Waals surface area contributed by atoms with Gasteiger partial charge >= 0.3 is 0 Å². The molecular weight excluding hydrogens is 272 g/mol. The maximum absolute atomic E-state index is 12.7. The van der Waals surface area contributed by atoms with Gasteiger partial charge in [-0.2, -0.15) is 11.8 Å². The summed E-state index contributed by atoms with van der Waals surface area (Å²) < 4.78 is 0. The van der Waals surface area contributed by atoms with Gasteiger partial charge in [0.25, 0.3) is 5.91 Å². The van der Waals surface area contributed by atoms with Crippen LogP contribution >= 0.6 is 11.8 Å². The SMILES string of the molecule is O=C1CN(C2CCCSC2)C(=O)C(c2ccccc2)N1. The molecule has 0 radical (unpaired) electrons. The molecule has 3 rings (SSSR count). The summed E-state index contributed by atoms with van der Waals surface area (Å²) in [4.78, 5) is 26.4. The smallest absolute Gasteiger partial charge is 0.250 e. The molecule has 5 heteroatoms. The van der Waals surface area contributed by atoms with Crippen LogP contribution in [0.1, 0.15) is 24.4 Å². The molecule has 1 aromatic rings. The topological polar surface area (TPSA) is 49.4 Å². The van der Waals surface area contributed by atoms with Crippen molar-refractivity contribution in [1.82, 2.24) is 10.2 Å². The van der Waals surface area contributed by atoms with Crippen molar-refractivity contribution in [2.45, 2.75) is 24.9 Å². The van der Waals surface area contributed by atoms with E-state index in [1.54, 1.807) is 4.90 Å². The first kappa shape index (κ1) is 13.5. The first-order chi connectivity index (χ1) is 9.75. The third-order valence-corrected chi connectivity index (χ3v) is 5.06. The van der Waals surface area contributed by atoms with Crippen LogP contribution in [0.25, 0.3) is 0 Å². The number of amides is 2. The zero-order valence-corrected chi connectivity index (χ0v) is 12.1. The quantitative estimate of drug-likeness (QED) is 0.899. The van der Waals surface area contributed by atoms with E-state index in [9.17, 15) is 9.59 Å². The third-order valence-electron chi connectivity index (χ3n) is 3.86. The van der Waals surface area contributed by atoms with Gasteiger partial charge in [0.2, 0.25) is 5.91 Å². The predicted molar refractivity (Wildman–Crippen MR) is 79.4 cm³/mol. The highest BCUT2D eigenvalue weighted by molar-refractivity contribution is 7.99. The third kappa shape index (κ3) is 2.68. The van der Waals surface area contributed by atoms with Crippen molar-refractivity contribution in [3.63, 3.8) is 0 Å². The maximum Gasteiger partial charge on any atom is 0.250 e. The summed E-state index contributed by atoms with van der Waals surface area (Å²) in [6, 6.07) is 9.16. The Morgan fingerprint density at radius 2 is 2.00 bits per heavy atom. The molecule has 2 heterocycles. The first-order valence-corrected chi connectivity index (χ1v) is 8.14. The van der Waals surface area contributed by atoms with Crippen LogP contribution in [0.3, 0.4) is 0 Å². The molecule has 2 amide bonds. The van der Waals surface area contributed by atoms with Gasteiger partial charge in [-0.05, 0) is 24.2 Å². The van der Waals surface area contributed by atoms with Crippen LogP contribution < -0.4 is 5.32 Å². The number of carbonyl (C=O) groups excluding carboxylic acids is 2. The Bertz CT molecular complexity index is 500. The molecule has 1 N–H and O–H groups in total. The van der Waals surface area contributed by atoms with Crippen LogP contribution in [0.4, 0.5) is 0 Å². The molecule has 0 saturated carbocycles. The van der Waals surface area contributed by atoms with E-state index >= 15 is 0 Å². The fourth-order valence-corrected chi connectivity index (χ4v) is 3.97. The molecule has 1 aromatic carbocycles. The monoisotopic (exact) mass is 290 g/mol. The first-order valence-electron chi connectivity index (χ1n) is 6.98. The number of piperazine rings is 1. The molecule has 0 aromatic heterocycles. The van der Waals surface area contributed by atoms with E-state index in [0.29, 0.717) is 0 Å². The number of rotatable bonds is 2. The number of benzene rings is 1. The van der Waals surface area contributed by atoms with Gasteiger partial charge in [-0.1, -0.05) is 30.3 Å². The highest BCUT2D eigenvalue weighted by Crippen LogP contribution is 2.26. The van der Waals surface area contributed by atoms with Crippen LogP contribution in [0, 0.1) is 0 Å². The van der Waals surface area contributed by atoms with Crippen LogP contribution in [0.15, 0.2) is 30.3 Å². The van der Waals surface area contributed by atoms with E-state index in [1.165, 1.54) is 0 Å². The summed E-state index contributed by atoms with van der Waals surface area (Å²) >= 11 is 1.87. The van der Waals surface area contributed by atoms with E-state index < -0.39 is 6.04 Å². The number of nitrogens with zero attached hydrogens (tertiary/aromatic N) is 1. The molecule has 2 saturated heterocycles. The van der Waals surface area contributed by atoms with E-state index in [1.807, 2.05) is 42.1 Å². The molecule has 2 aliphatic heterocycles. The molecule has 0 aliphatic carbocycles. The zero-order chi connectivity index (χ0) is 13.9. The standard InChI is InChI=1S/C15H18N2O2S/c18-13-9-17(12-7-4-8-20-10-12)15(19)14(16-13)11-5-2-1-3-6-11/h1-3,5-6,12,14H,4,7-10H2,(H,16,18). The van der Waals surface area contributed by atoms with Gasteiger partial charge in [-0.3, -0.25) is 9.59 Å². The van der Waals surface area contributed by atoms with E-state index in [4.69, 9.17) is 0 Å². The fraction of sp³-hybridized carbons (Fsp3) is 0.467. The Kier molecular flexibility index (Phi) is 3.96. The predicted octanol–water partition coefficient (Wildman–Crippen LogP) is 1.58. The molecule has 2 atom stereocenters. The van der Waals surface area contributed by atoms with Crippen molar-refractivity contribution >= 4 is 23.6 Å². The van der Waals surface area contributed by atoms with E-state index in [0.717, 1.165) is 29.9 Å². The van der Waals surface area contributed by atoms with E-state index in [2.05, 4.69) is 5.32 Å². The van der Waals surface area contributed by atoms with Crippen molar-refractivity contribution < 1.29 is 9.59 Å². The van der Waals surface area contributed by atoms with E-state index in [-0.39, 0.29) is 24.4 Å². The lowest BCUT2D eigenvalue weighted by molar-refractivity contribution is -0.146. The molecule has 0 bridgehead atoms. The van der Waals surface area contributed by atoms with Gasteiger partial charge in [0.1, 0.15) is 6.04 Å². The molecule has 2 fully saturated rings. The van der Waals surface area contributed by atoms with Gasteiger partial charge in [-0.25, -0.2) is 0 Å². The largest absolute Gasteiger partial charge is 0.339 e. The zero-order valence-electron chi connectivity index (χ0n) is 11.2. The van der Waals surface area contributed by atoms with Crippen LogP contribution in [0.5, 0.6) is 0 Å².